The average molecular weight is 316 g/mol. The van der Waals surface area contributed by atoms with Gasteiger partial charge >= 0.3 is 0 Å². The lowest BCUT2D eigenvalue weighted by Gasteiger charge is -2.37. The molecule has 3 rings (SSSR count). The molecule has 2 fully saturated rings. The minimum atomic E-state index is -0.501. The molecule has 0 radical (unpaired) electrons. The van der Waals surface area contributed by atoms with Crippen LogP contribution in [0.1, 0.15) is 31.2 Å². The van der Waals surface area contributed by atoms with Crippen molar-refractivity contribution < 1.29 is 8.78 Å². The molecular weight excluding hydrogens is 300 g/mol. The molecule has 0 aliphatic carbocycles. The van der Waals surface area contributed by atoms with E-state index < -0.39 is 11.6 Å². The van der Waals surface area contributed by atoms with Crippen molar-refractivity contribution in [3.8, 4) is 0 Å². The molecule has 2 heterocycles. The Bertz CT molecular complexity index is 437. The maximum Gasteiger partial charge on any atom is 0.130 e. The third-order valence-electron chi connectivity index (χ3n) is 4.19. The van der Waals surface area contributed by atoms with Gasteiger partial charge in [-0.2, -0.15) is 0 Å². The SMILES string of the molecule is Fc1ccc(CN2C3CCC2CC(Br)C3)c(F)c1. The van der Waals surface area contributed by atoms with E-state index in [1.807, 2.05) is 0 Å². The zero-order valence-electron chi connectivity index (χ0n) is 10.1. The smallest absolute Gasteiger partial charge is 0.130 e. The van der Waals surface area contributed by atoms with Crippen molar-refractivity contribution in [1.29, 1.82) is 0 Å². The Morgan fingerprint density at radius 1 is 1.17 bits per heavy atom. The van der Waals surface area contributed by atoms with Gasteiger partial charge in [0.1, 0.15) is 11.6 Å². The number of hydrogen-bond donors (Lipinski definition) is 0. The van der Waals surface area contributed by atoms with Gasteiger partial charge in [-0.3, -0.25) is 4.90 Å². The molecule has 2 aliphatic heterocycles. The Morgan fingerprint density at radius 3 is 2.44 bits per heavy atom. The van der Waals surface area contributed by atoms with Crippen molar-refractivity contribution in [2.75, 3.05) is 0 Å². The minimum Gasteiger partial charge on any atom is -0.293 e. The molecule has 1 aromatic carbocycles. The maximum absolute atomic E-state index is 13.7. The second-order valence-electron chi connectivity index (χ2n) is 5.36. The molecular formula is C14H16BrF2N. The van der Waals surface area contributed by atoms with Crippen LogP contribution in [0.25, 0.3) is 0 Å². The number of benzene rings is 1. The summed E-state index contributed by atoms with van der Waals surface area (Å²) in [6, 6.07) is 5.01. The fourth-order valence-electron chi connectivity index (χ4n) is 3.31. The van der Waals surface area contributed by atoms with E-state index in [2.05, 4.69) is 20.8 Å². The van der Waals surface area contributed by atoms with Gasteiger partial charge < -0.3 is 0 Å². The second kappa shape index (κ2) is 4.89. The molecule has 0 saturated carbocycles. The topological polar surface area (TPSA) is 3.24 Å². The van der Waals surface area contributed by atoms with Crippen LogP contribution in [0.5, 0.6) is 0 Å². The molecule has 2 unspecified atom stereocenters. The highest BCUT2D eigenvalue weighted by atomic mass is 79.9. The fraction of sp³-hybridized carbons (Fsp3) is 0.571. The van der Waals surface area contributed by atoms with Gasteiger partial charge in [-0.25, -0.2) is 8.78 Å². The third kappa shape index (κ3) is 2.32. The summed E-state index contributed by atoms with van der Waals surface area (Å²) in [5, 5.41) is 0. The van der Waals surface area contributed by atoms with Crippen LogP contribution in [0.3, 0.4) is 0 Å². The quantitative estimate of drug-likeness (QED) is 0.749. The van der Waals surface area contributed by atoms with Gasteiger partial charge in [0, 0.05) is 35.1 Å². The van der Waals surface area contributed by atoms with Crippen LogP contribution in [0.4, 0.5) is 8.78 Å². The highest BCUT2D eigenvalue weighted by Crippen LogP contribution is 2.39. The number of piperidine rings is 1. The fourth-order valence-corrected chi connectivity index (χ4v) is 4.18. The Kier molecular flexibility index (Phi) is 3.41. The summed E-state index contributed by atoms with van der Waals surface area (Å²) in [6.45, 7) is 0.612. The summed E-state index contributed by atoms with van der Waals surface area (Å²) in [4.78, 5) is 3.00. The van der Waals surface area contributed by atoms with Gasteiger partial charge in [-0.1, -0.05) is 22.0 Å². The molecule has 0 amide bonds. The van der Waals surface area contributed by atoms with Crippen molar-refractivity contribution >= 4 is 15.9 Å². The summed E-state index contributed by atoms with van der Waals surface area (Å²) in [5.41, 5.74) is 0.612. The number of rotatable bonds is 2. The Morgan fingerprint density at radius 2 is 1.83 bits per heavy atom. The summed E-state index contributed by atoms with van der Waals surface area (Å²) < 4.78 is 26.6. The lowest BCUT2D eigenvalue weighted by Crippen LogP contribution is -2.42. The van der Waals surface area contributed by atoms with E-state index in [1.54, 1.807) is 6.07 Å². The van der Waals surface area contributed by atoms with Gasteiger partial charge in [0.2, 0.25) is 0 Å². The Balaban J connectivity index is 1.77. The van der Waals surface area contributed by atoms with Crippen LogP contribution in [-0.4, -0.2) is 21.8 Å². The Hall–Kier alpha value is -0.480. The zero-order valence-corrected chi connectivity index (χ0v) is 11.7. The molecule has 2 saturated heterocycles. The average Bonchev–Trinajstić information content (AvgIpc) is 2.56. The number of halogens is 3. The molecule has 2 atom stereocenters. The lowest BCUT2D eigenvalue weighted by atomic mass is 10.0. The van der Waals surface area contributed by atoms with E-state index in [1.165, 1.54) is 18.9 Å². The molecule has 0 spiro atoms. The highest BCUT2D eigenvalue weighted by Gasteiger charge is 2.39. The van der Waals surface area contributed by atoms with E-state index in [-0.39, 0.29) is 0 Å². The monoisotopic (exact) mass is 315 g/mol. The van der Waals surface area contributed by atoms with Crippen LogP contribution < -0.4 is 0 Å². The van der Waals surface area contributed by atoms with Crippen molar-refractivity contribution in [2.45, 2.75) is 49.1 Å². The van der Waals surface area contributed by atoms with Crippen LogP contribution in [0.15, 0.2) is 18.2 Å². The van der Waals surface area contributed by atoms with Gasteiger partial charge in [0.25, 0.3) is 0 Å². The summed E-state index contributed by atoms with van der Waals surface area (Å²) >= 11 is 3.70. The molecule has 18 heavy (non-hydrogen) atoms. The predicted octanol–water partition coefficient (Wildman–Crippen LogP) is 3.86. The first-order valence-electron chi connectivity index (χ1n) is 6.47. The molecule has 1 aromatic rings. The summed E-state index contributed by atoms with van der Waals surface area (Å²) in [5.74, 6) is -0.922. The molecule has 1 nitrogen and oxygen atoms in total. The molecule has 2 aliphatic rings. The predicted molar refractivity (Wildman–Crippen MR) is 70.7 cm³/mol. The number of alkyl halides is 1. The normalized spacial score (nSPS) is 31.8. The van der Waals surface area contributed by atoms with E-state index in [0.29, 0.717) is 29.0 Å². The molecule has 4 heteroatoms. The van der Waals surface area contributed by atoms with E-state index in [9.17, 15) is 8.78 Å². The van der Waals surface area contributed by atoms with Crippen LogP contribution in [-0.2, 0) is 6.54 Å². The van der Waals surface area contributed by atoms with Crippen molar-refractivity contribution in [3.63, 3.8) is 0 Å². The van der Waals surface area contributed by atoms with Gasteiger partial charge in [0.05, 0.1) is 0 Å². The van der Waals surface area contributed by atoms with Crippen molar-refractivity contribution in [1.82, 2.24) is 4.90 Å². The number of fused-ring (bicyclic) bond motifs is 2. The van der Waals surface area contributed by atoms with Gasteiger partial charge in [-0.15, -0.1) is 0 Å². The minimum absolute atomic E-state index is 0.421. The standard InChI is InChI=1S/C14H16BrF2N/c15-10-5-12-3-4-13(6-10)18(12)8-9-1-2-11(16)7-14(9)17/h1-2,7,10,12-13H,3-6,8H2. The van der Waals surface area contributed by atoms with Crippen molar-refractivity contribution in [2.24, 2.45) is 0 Å². The lowest BCUT2D eigenvalue weighted by molar-refractivity contribution is 0.135. The molecule has 98 valence electrons. The maximum atomic E-state index is 13.7. The number of hydrogen-bond acceptors (Lipinski definition) is 1. The number of nitrogens with zero attached hydrogens (tertiary/aromatic N) is 1. The first-order chi connectivity index (χ1) is 8.63. The Labute approximate surface area is 114 Å². The molecule has 2 bridgehead atoms. The van der Waals surface area contributed by atoms with Gasteiger partial charge in [0.15, 0.2) is 0 Å². The van der Waals surface area contributed by atoms with E-state index >= 15 is 0 Å². The van der Waals surface area contributed by atoms with E-state index in [4.69, 9.17) is 0 Å². The first kappa shape index (κ1) is 12.5. The highest BCUT2D eigenvalue weighted by molar-refractivity contribution is 9.09. The van der Waals surface area contributed by atoms with Crippen LogP contribution >= 0.6 is 15.9 Å². The third-order valence-corrected chi connectivity index (χ3v) is 4.94. The molecule has 0 aromatic heterocycles. The van der Waals surface area contributed by atoms with Crippen molar-refractivity contribution in [3.05, 3.63) is 35.4 Å². The molecule has 0 N–H and O–H groups in total. The summed E-state index contributed by atoms with van der Waals surface area (Å²) in [7, 11) is 0. The first-order valence-corrected chi connectivity index (χ1v) is 7.39. The second-order valence-corrected chi connectivity index (χ2v) is 6.66. The van der Waals surface area contributed by atoms with Gasteiger partial charge in [-0.05, 0) is 31.7 Å². The van der Waals surface area contributed by atoms with Crippen LogP contribution in [0, 0.1) is 11.6 Å². The zero-order chi connectivity index (χ0) is 12.7. The largest absolute Gasteiger partial charge is 0.293 e. The van der Waals surface area contributed by atoms with Crippen LogP contribution in [0.2, 0.25) is 0 Å². The summed E-state index contributed by atoms with van der Waals surface area (Å²) in [6.07, 6.45) is 4.68. The van der Waals surface area contributed by atoms with E-state index in [0.717, 1.165) is 18.9 Å².